The molecule has 0 aliphatic carbocycles. The van der Waals surface area contributed by atoms with Gasteiger partial charge in [0.05, 0.1) is 12.1 Å². The zero-order chi connectivity index (χ0) is 15.1. The normalized spacial score (nSPS) is 11.7. The van der Waals surface area contributed by atoms with Crippen LogP contribution in [-0.4, -0.2) is 52.1 Å². The lowest BCUT2D eigenvalue weighted by Gasteiger charge is -2.26. The summed E-state index contributed by atoms with van der Waals surface area (Å²) in [5.41, 5.74) is 0.428. The molecule has 0 saturated heterocycles. The van der Waals surface area contributed by atoms with Crippen LogP contribution in [0.15, 0.2) is 16.9 Å². The third kappa shape index (κ3) is 4.71. The van der Waals surface area contributed by atoms with E-state index in [2.05, 4.69) is 15.0 Å². The molecule has 0 saturated carbocycles. The van der Waals surface area contributed by atoms with Crippen molar-refractivity contribution >= 4 is 17.8 Å². The summed E-state index contributed by atoms with van der Waals surface area (Å²) in [5, 5.41) is 15.2. The van der Waals surface area contributed by atoms with E-state index in [1.165, 1.54) is 31.1 Å². The Morgan fingerprint density at radius 3 is 2.70 bits per heavy atom. The minimum absolute atomic E-state index is 0.0474. The number of carboxylic acid groups (broad SMARTS) is 1. The molecule has 8 heteroatoms. The van der Waals surface area contributed by atoms with Crippen molar-refractivity contribution in [2.45, 2.75) is 26.3 Å². The zero-order valence-electron chi connectivity index (χ0n) is 11.3. The molecule has 1 rings (SSSR count). The number of amides is 2. The molecule has 20 heavy (non-hydrogen) atoms. The van der Waals surface area contributed by atoms with Gasteiger partial charge >= 0.3 is 5.97 Å². The molecule has 1 atom stereocenters. The van der Waals surface area contributed by atoms with Gasteiger partial charge in [-0.2, -0.15) is 0 Å². The number of nitrogens with one attached hydrogen (secondary N) is 1. The van der Waals surface area contributed by atoms with Gasteiger partial charge in [0, 0.05) is 26.1 Å². The van der Waals surface area contributed by atoms with Gasteiger partial charge in [-0.05, 0) is 6.92 Å². The molecule has 1 aromatic heterocycles. The number of nitrogens with zero attached hydrogens (tertiary/aromatic N) is 2. The zero-order valence-corrected chi connectivity index (χ0v) is 11.3. The molecule has 0 aliphatic rings. The summed E-state index contributed by atoms with van der Waals surface area (Å²) in [6, 6.07) is 0.554. The third-order valence-electron chi connectivity index (χ3n) is 2.70. The average Bonchev–Trinajstić information content (AvgIpc) is 2.86. The minimum Gasteiger partial charge on any atom is -0.480 e. The van der Waals surface area contributed by atoms with Crippen LogP contribution in [0.1, 0.15) is 19.5 Å². The van der Waals surface area contributed by atoms with Crippen molar-refractivity contribution in [3.8, 4) is 0 Å². The van der Waals surface area contributed by atoms with E-state index in [0.717, 1.165) is 0 Å². The highest BCUT2D eigenvalue weighted by Gasteiger charge is 2.25. The predicted molar refractivity (Wildman–Crippen MR) is 67.7 cm³/mol. The van der Waals surface area contributed by atoms with Crippen molar-refractivity contribution in [3.63, 3.8) is 0 Å². The van der Waals surface area contributed by atoms with Crippen molar-refractivity contribution in [3.05, 3.63) is 18.0 Å². The number of carbonyl (C=O) groups excluding carboxylic acids is 2. The van der Waals surface area contributed by atoms with E-state index in [1.54, 1.807) is 0 Å². The molecule has 1 unspecified atom stereocenters. The number of aromatic nitrogens is 1. The van der Waals surface area contributed by atoms with Crippen LogP contribution in [0.25, 0.3) is 0 Å². The molecule has 0 fully saturated rings. The number of carboxylic acids is 1. The summed E-state index contributed by atoms with van der Waals surface area (Å²) < 4.78 is 4.62. The highest BCUT2D eigenvalue weighted by atomic mass is 16.5. The Kier molecular flexibility index (Phi) is 5.70. The lowest BCUT2D eigenvalue weighted by molar-refractivity contribution is -0.149. The van der Waals surface area contributed by atoms with Crippen LogP contribution in [0.4, 0.5) is 0 Å². The Morgan fingerprint density at radius 2 is 2.20 bits per heavy atom. The fourth-order valence-electron chi connectivity index (χ4n) is 1.61. The fraction of sp³-hybridized carbons (Fsp3) is 0.500. The Balaban J connectivity index is 2.67. The molecule has 2 amide bonds. The third-order valence-corrected chi connectivity index (χ3v) is 2.70. The minimum atomic E-state index is -1.11. The van der Waals surface area contributed by atoms with Gasteiger partial charge in [-0.25, -0.2) is 4.79 Å². The lowest BCUT2D eigenvalue weighted by Crippen LogP contribution is -2.47. The molecule has 1 aromatic rings. The summed E-state index contributed by atoms with van der Waals surface area (Å²) in [5.74, 6) is -1.74. The Bertz CT molecular complexity index is 471. The van der Waals surface area contributed by atoms with Crippen molar-refractivity contribution in [1.82, 2.24) is 15.4 Å². The Labute approximate surface area is 115 Å². The smallest absolute Gasteiger partial charge is 0.326 e. The maximum absolute atomic E-state index is 12.1. The lowest BCUT2D eigenvalue weighted by atomic mass is 10.2. The largest absolute Gasteiger partial charge is 0.480 e. The van der Waals surface area contributed by atoms with Gasteiger partial charge in [0.1, 0.15) is 12.3 Å². The Morgan fingerprint density at radius 1 is 1.50 bits per heavy atom. The second-order valence-electron chi connectivity index (χ2n) is 4.25. The van der Waals surface area contributed by atoms with E-state index in [1.807, 2.05) is 0 Å². The summed E-state index contributed by atoms with van der Waals surface area (Å²) in [4.78, 5) is 35.1. The first-order valence-electron chi connectivity index (χ1n) is 6.07. The Hall–Kier alpha value is -2.38. The summed E-state index contributed by atoms with van der Waals surface area (Å²) >= 11 is 0. The molecule has 110 valence electrons. The van der Waals surface area contributed by atoms with E-state index in [4.69, 9.17) is 5.11 Å². The van der Waals surface area contributed by atoms with Crippen LogP contribution in [-0.2, 0) is 20.8 Å². The van der Waals surface area contributed by atoms with Gasteiger partial charge in [0.2, 0.25) is 11.8 Å². The molecule has 8 nitrogen and oxygen atoms in total. The first-order valence-corrected chi connectivity index (χ1v) is 6.07. The van der Waals surface area contributed by atoms with E-state index >= 15 is 0 Å². The van der Waals surface area contributed by atoms with Gasteiger partial charge in [0.15, 0.2) is 0 Å². The number of hydrogen-bond acceptors (Lipinski definition) is 5. The topological polar surface area (TPSA) is 113 Å². The SMILES string of the molecule is CC(=O)NCCN(C(=O)Cc1ccon1)C(C)C(=O)O. The second kappa shape index (κ2) is 7.27. The molecule has 0 radical (unpaired) electrons. The molecular weight excluding hydrogens is 266 g/mol. The summed E-state index contributed by atoms with van der Waals surface area (Å²) in [6.45, 7) is 3.07. The van der Waals surface area contributed by atoms with Crippen LogP contribution >= 0.6 is 0 Å². The molecular formula is C12H17N3O5. The number of hydrogen-bond donors (Lipinski definition) is 2. The van der Waals surface area contributed by atoms with Crippen LogP contribution in [0, 0.1) is 0 Å². The van der Waals surface area contributed by atoms with Gasteiger partial charge < -0.3 is 19.8 Å². The molecule has 0 bridgehead atoms. The van der Waals surface area contributed by atoms with E-state index in [0.29, 0.717) is 5.69 Å². The van der Waals surface area contributed by atoms with Crippen LogP contribution in [0.3, 0.4) is 0 Å². The fourth-order valence-corrected chi connectivity index (χ4v) is 1.61. The quantitative estimate of drug-likeness (QED) is 0.707. The van der Waals surface area contributed by atoms with Crippen LogP contribution in [0.5, 0.6) is 0 Å². The molecule has 0 aliphatic heterocycles. The second-order valence-corrected chi connectivity index (χ2v) is 4.25. The predicted octanol–water partition coefficient (Wildman–Crippen LogP) is -0.345. The van der Waals surface area contributed by atoms with Crippen molar-refractivity contribution < 1.29 is 24.0 Å². The number of rotatable bonds is 7. The number of aliphatic carboxylic acids is 1. The van der Waals surface area contributed by atoms with Gasteiger partial charge in [-0.1, -0.05) is 5.16 Å². The average molecular weight is 283 g/mol. The summed E-state index contributed by atoms with van der Waals surface area (Å²) in [7, 11) is 0. The highest BCUT2D eigenvalue weighted by Crippen LogP contribution is 2.05. The van der Waals surface area contributed by atoms with Crippen LogP contribution < -0.4 is 5.32 Å². The first kappa shape index (κ1) is 15.7. The van der Waals surface area contributed by atoms with Gasteiger partial charge in [-0.3, -0.25) is 9.59 Å². The van der Waals surface area contributed by atoms with Gasteiger partial charge in [0.25, 0.3) is 0 Å². The summed E-state index contributed by atoms with van der Waals surface area (Å²) in [6.07, 6.45) is 1.29. The van der Waals surface area contributed by atoms with Gasteiger partial charge in [-0.15, -0.1) is 0 Å². The molecule has 0 spiro atoms. The van der Waals surface area contributed by atoms with E-state index < -0.39 is 12.0 Å². The molecule has 0 aromatic carbocycles. The van der Waals surface area contributed by atoms with E-state index in [9.17, 15) is 14.4 Å². The standard InChI is InChI=1S/C12H17N3O5/c1-8(12(18)19)15(5-4-13-9(2)16)11(17)7-10-3-6-20-14-10/h3,6,8H,4-5,7H2,1-2H3,(H,13,16)(H,18,19). The molecule has 1 heterocycles. The van der Waals surface area contributed by atoms with Crippen molar-refractivity contribution in [2.24, 2.45) is 0 Å². The monoisotopic (exact) mass is 283 g/mol. The maximum Gasteiger partial charge on any atom is 0.326 e. The highest BCUT2D eigenvalue weighted by molar-refractivity contribution is 5.84. The number of carbonyl (C=O) groups is 3. The van der Waals surface area contributed by atoms with Crippen LogP contribution in [0.2, 0.25) is 0 Å². The van der Waals surface area contributed by atoms with Crippen molar-refractivity contribution in [2.75, 3.05) is 13.1 Å². The first-order chi connectivity index (χ1) is 9.41. The van der Waals surface area contributed by atoms with E-state index in [-0.39, 0.29) is 31.3 Å². The molecule has 2 N–H and O–H groups in total. The maximum atomic E-state index is 12.1. The van der Waals surface area contributed by atoms with Crippen molar-refractivity contribution in [1.29, 1.82) is 0 Å².